The number of thiophene rings is 1. The highest BCUT2D eigenvalue weighted by Crippen LogP contribution is 2.26. The first kappa shape index (κ1) is 13.5. The second kappa shape index (κ2) is 5.16. The van der Waals surface area contributed by atoms with E-state index < -0.39 is 0 Å². The minimum absolute atomic E-state index is 0.138. The zero-order valence-corrected chi connectivity index (χ0v) is 12.9. The number of halogens is 1. The van der Waals surface area contributed by atoms with Crippen LogP contribution in [0.1, 0.15) is 23.0 Å². The molecule has 1 unspecified atom stereocenters. The Kier molecular flexibility index (Phi) is 3.50. The molecule has 0 fully saturated rings. The molecule has 0 aliphatic heterocycles. The molecule has 6 heteroatoms. The Morgan fingerprint density at radius 3 is 3.00 bits per heavy atom. The van der Waals surface area contributed by atoms with Gasteiger partial charge in [0.15, 0.2) is 0 Å². The van der Waals surface area contributed by atoms with Gasteiger partial charge in [-0.1, -0.05) is 11.6 Å². The standard InChI is InChI=1S/C14H15ClN4S/c1-8-14(15)12(19(2)18-8)6-10(16)9-5-13-11(17-7-9)3-4-20-13/h3-5,7,10H,6,16H2,1-2H3. The molecule has 0 amide bonds. The van der Waals surface area contributed by atoms with Crippen molar-refractivity contribution in [2.45, 2.75) is 19.4 Å². The van der Waals surface area contributed by atoms with Crippen molar-refractivity contribution in [3.8, 4) is 0 Å². The number of hydrogen-bond acceptors (Lipinski definition) is 4. The summed E-state index contributed by atoms with van der Waals surface area (Å²) in [6, 6.07) is 3.98. The summed E-state index contributed by atoms with van der Waals surface area (Å²) in [5, 5.41) is 7.05. The molecule has 20 heavy (non-hydrogen) atoms. The third-order valence-electron chi connectivity index (χ3n) is 3.43. The van der Waals surface area contributed by atoms with E-state index in [-0.39, 0.29) is 6.04 Å². The highest BCUT2D eigenvalue weighted by atomic mass is 35.5. The first-order valence-electron chi connectivity index (χ1n) is 6.33. The summed E-state index contributed by atoms with van der Waals surface area (Å²) >= 11 is 7.94. The van der Waals surface area contributed by atoms with Crippen LogP contribution in [0.15, 0.2) is 23.7 Å². The van der Waals surface area contributed by atoms with E-state index in [0.29, 0.717) is 11.4 Å². The predicted molar refractivity (Wildman–Crippen MR) is 83.2 cm³/mol. The van der Waals surface area contributed by atoms with Crippen LogP contribution in [-0.2, 0) is 13.5 Å². The number of nitrogens with zero attached hydrogens (tertiary/aromatic N) is 3. The Labute approximate surface area is 126 Å². The fraction of sp³-hybridized carbons (Fsp3) is 0.286. The van der Waals surface area contributed by atoms with Gasteiger partial charge in [0, 0.05) is 25.7 Å². The molecular formula is C14H15ClN4S. The Morgan fingerprint density at radius 1 is 1.50 bits per heavy atom. The van der Waals surface area contributed by atoms with E-state index in [0.717, 1.165) is 27.2 Å². The van der Waals surface area contributed by atoms with Gasteiger partial charge in [-0.25, -0.2) is 0 Å². The van der Waals surface area contributed by atoms with Crippen LogP contribution in [0, 0.1) is 6.92 Å². The van der Waals surface area contributed by atoms with Crippen LogP contribution in [-0.4, -0.2) is 14.8 Å². The molecule has 0 aromatic carbocycles. The number of aromatic nitrogens is 3. The molecule has 0 saturated heterocycles. The number of pyridine rings is 1. The topological polar surface area (TPSA) is 56.7 Å². The zero-order valence-electron chi connectivity index (χ0n) is 11.3. The van der Waals surface area contributed by atoms with E-state index >= 15 is 0 Å². The van der Waals surface area contributed by atoms with Crippen LogP contribution in [0.3, 0.4) is 0 Å². The molecule has 0 aliphatic carbocycles. The fourth-order valence-electron chi connectivity index (χ4n) is 2.29. The van der Waals surface area contributed by atoms with E-state index in [1.54, 1.807) is 16.0 Å². The highest BCUT2D eigenvalue weighted by molar-refractivity contribution is 7.17. The minimum Gasteiger partial charge on any atom is -0.324 e. The first-order chi connectivity index (χ1) is 9.56. The van der Waals surface area contributed by atoms with Gasteiger partial charge in [-0.05, 0) is 30.0 Å². The van der Waals surface area contributed by atoms with Crippen molar-refractivity contribution in [2.24, 2.45) is 12.8 Å². The molecule has 1 atom stereocenters. The zero-order chi connectivity index (χ0) is 14.3. The SMILES string of the molecule is Cc1nn(C)c(CC(N)c2cnc3ccsc3c2)c1Cl. The minimum atomic E-state index is -0.138. The molecule has 0 aliphatic rings. The second-order valence-electron chi connectivity index (χ2n) is 4.85. The van der Waals surface area contributed by atoms with Crippen molar-refractivity contribution in [3.63, 3.8) is 0 Å². The first-order valence-corrected chi connectivity index (χ1v) is 7.58. The number of rotatable bonds is 3. The molecule has 2 N–H and O–H groups in total. The summed E-state index contributed by atoms with van der Waals surface area (Å²) in [7, 11) is 1.89. The molecule has 104 valence electrons. The Bertz CT molecular complexity index is 762. The van der Waals surface area contributed by atoms with Crippen molar-refractivity contribution < 1.29 is 0 Å². The molecule has 3 aromatic heterocycles. The largest absolute Gasteiger partial charge is 0.324 e. The molecule has 0 radical (unpaired) electrons. The molecule has 0 spiro atoms. The normalized spacial score (nSPS) is 13.0. The Balaban J connectivity index is 1.90. The summed E-state index contributed by atoms with van der Waals surface area (Å²) in [6.07, 6.45) is 2.49. The van der Waals surface area contributed by atoms with Crippen LogP contribution in [0.5, 0.6) is 0 Å². The summed E-state index contributed by atoms with van der Waals surface area (Å²) in [5.74, 6) is 0. The van der Waals surface area contributed by atoms with E-state index in [2.05, 4.69) is 16.1 Å². The second-order valence-corrected chi connectivity index (χ2v) is 6.18. The average Bonchev–Trinajstić information content (AvgIpc) is 2.98. The molecule has 0 bridgehead atoms. The number of fused-ring (bicyclic) bond motifs is 1. The van der Waals surface area contributed by atoms with Gasteiger partial charge in [0.1, 0.15) is 0 Å². The summed E-state index contributed by atoms with van der Waals surface area (Å²) in [4.78, 5) is 4.43. The van der Waals surface area contributed by atoms with Gasteiger partial charge >= 0.3 is 0 Å². The van der Waals surface area contributed by atoms with Gasteiger partial charge in [-0.3, -0.25) is 9.67 Å². The molecule has 3 aromatic rings. The van der Waals surface area contributed by atoms with E-state index in [1.165, 1.54) is 0 Å². The number of hydrogen-bond donors (Lipinski definition) is 1. The highest BCUT2D eigenvalue weighted by Gasteiger charge is 2.16. The molecule has 3 heterocycles. The smallest absolute Gasteiger partial charge is 0.0847 e. The Morgan fingerprint density at radius 2 is 2.30 bits per heavy atom. The van der Waals surface area contributed by atoms with Gasteiger partial charge in [0.2, 0.25) is 0 Å². The maximum Gasteiger partial charge on any atom is 0.0847 e. The van der Waals surface area contributed by atoms with Crippen molar-refractivity contribution in [1.82, 2.24) is 14.8 Å². The van der Waals surface area contributed by atoms with Gasteiger partial charge < -0.3 is 5.73 Å². The molecule has 3 rings (SSSR count). The number of nitrogens with two attached hydrogens (primary N) is 1. The maximum atomic E-state index is 6.30. The summed E-state index contributed by atoms with van der Waals surface area (Å²) in [5.41, 5.74) is 10.1. The van der Waals surface area contributed by atoms with Gasteiger partial charge in [-0.2, -0.15) is 5.10 Å². The third-order valence-corrected chi connectivity index (χ3v) is 4.77. The van der Waals surface area contributed by atoms with Gasteiger partial charge in [-0.15, -0.1) is 11.3 Å². The van der Waals surface area contributed by atoms with Crippen LogP contribution < -0.4 is 5.73 Å². The van der Waals surface area contributed by atoms with Crippen molar-refractivity contribution in [2.75, 3.05) is 0 Å². The van der Waals surface area contributed by atoms with E-state index in [4.69, 9.17) is 17.3 Å². The van der Waals surface area contributed by atoms with Crippen LogP contribution in [0.4, 0.5) is 0 Å². The van der Waals surface area contributed by atoms with Crippen molar-refractivity contribution in [1.29, 1.82) is 0 Å². The molecular weight excluding hydrogens is 292 g/mol. The maximum absolute atomic E-state index is 6.30. The van der Waals surface area contributed by atoms with Crippen LogP contribution in [0.25, 0.3) is 10.2 Å². The van der Waals surface area contributed by atoms with E-state index in [9.17, 15) is 0 Å². The Hall–Kier alpha value is -1.43. The molecule has 0 saturated carbocycles. The van der Waals surface area contributed by atoms with Crippen LogP contribution in [0.2, 0.25) is 5.02 Å². The summed E-state index contributed by atoms with van der Waals surface area (Å²) < 4.78 is 2.96. The lowest BCUT2D eigenvalue weighted by molar-refractivity contribution is 0.639. The van der Waals surface area contributed by atoms with E-state index in [1.807, 2.05) is 31.6 Å². The molecule has 4 nitrogen and oxygen atoms in total. The number of aryl methyl sites for hydroxylation is 2. The van der Waals surface area contributed by atoms with Crippen LogP contribution >= 0.6 is 22.9 Å². The average molecular weight is 307 g/mol. The quantitative estimate of drug-likeness (QED) is 0.808. The van der Waals surface area contributed by atoms with Gasteiger partial charge in [0.25, 0.3) is 0 Å². The monoisotopic (exact) mass is 306 g/mol. The third kappa shape index (κ3) is 2.32. The van der Waals surface area contributed by atoms with Gasteiger partial charge in [0.05, 0.1) is 26.6 Å². The lowest BCUT2D eigenvalue weighted by Gasteiger charge is -2.12. The predicted octanol–water partition coefficient (Wildman–Crippen LogP) is 3.23. The fourth-order valence-corrected chi connectivity index (χ4v) is 3.32. The lowest BCUT2D eigenvalue weighted by Crippen LogP contribution is -2.15. The van der Waals surface area contributed by atoms with Crippen molar-refractivity contribution >= 4 is 33.2 Å². The van der Waals surface area contributed by atoms with Crippen molar-refractivity contribution in [3.05, 3.63) is 45.7 Å². The lowest BCUT2D eigenvalue weighted by atomic mass is 10.0. The summed E-state index contributed by atoms with van der Waals surface area (Å²) in [6.45, 7) is 1.90.